The molecule has 1 saturated heterocycles. The normalized spacial score (nSPS) is 18.4. The molecule has 1 fully saturated rings. The fourth-order valence-corrected chi connectivity index (χ4v) is 3.84. The molecule has 1 aromatic heterocycles. The van der Waals surface area contributed by atoms with Gasteiger partial charge in [0, 0.05) is 45.5 Å². The first-order valence-electron chi connectivity index (χ1n) is 10.8. The predicted octanol–water partition coefficient (Wildman–Crippen LogP) is 2.79. The summed E-state index contributed by atoms with van der Waals surface area (Å²) in [5.41, 5.74) is 0.905. The van der Waals surface area contributed by atoms with Crippen molar-refractivity contribution in [2.75, 3.05) is 52.5 Å². The Balaban J connectivity index is 1.65. The summed E-state index contributed by atoms with van der Waals surface area (Å²) in [5.74, 6) is 2.90. The molecule has 0 radical (unpaired) electrons. The van der Waals surface area contributed by atoms with Crippen molar-refractivity contribution in [2.24, 2.45) is 4.99 Å². The van der Waals surface area contributed by atoms with E-state index in [1.54, 1.807) is 6.20 Å². The lowest BCUT2D eigenvalue weighted by Gasteiger charge is -2.36. The Morgan fingerprint density at radius 2 is 1.77 bits per heavy atom. The third-order valence-electron chi connectivity index (χ3n) is 5.48. The molecule has 0 atom stereocenters. The quantitative estimate of drug-likeness (QED) is 0.821. The van der Waals surface area contributed by atoms with Crippen LogP contribution in [0.25, 0.3) is 0 Å². The lowest BCUT2D eigenvalue weighted by atomic mass is 10.2. The summed E-state index contributed by atoms with van der Waals surface area (Å²) in [5, 5.41) is 9.23. The van der Waals surface area contributed by atoms with E-state index in [-0.39, 0.29) is 6.61 Å². The Morgan fingerprint density at radius 3 is 2.60 bits per heavy atom. The molecule has 2 aromatic rings. The maximum atomic E-state index is 9.23. The van der Waals surface area contributed by atoms with Crippen molar-refractivity contribution in [1.82, 2.24) is 14.8 Å². The number of hydrogen-bond donors (Lipinski definition) is 1. The average Bonchev–Trinajstić information content (AvgIpc) is 2.79. The summed E-state index contributed by atoms with van der Waals surface area (Å²) in [4.78, 5) is 14.1. The minimum absolute atomic E-state index is 0.197. The minimum atomic E-state index is 0.197. The lowest BCUT2D eigenvalue weighted by molar-refractivity contribution is 0.147. The van der Waals surface area contributed by atoms with Gasteiger partial charge in [-0.2, -0.15) is 0 Å². The number of pyridine rings is 1. The van der Waals surface area contributed by atoms with Crippen molar-refractivity contribution in [3.63, 3.8) is 0 Å². The molecule has 1 aromatic carbocycles. The van der Waals surface area contributed by atoms with Gasteiger partial charge in [0.25, 0.3) is 0 Å². The molecule has 30 heavy (non-hydrogen) atoms. The number of aromatic nitrogens is 1. The zero-order chi connectivity index (χ0) is 20.6. The zero-order valence-corrected chi connectivity index (χ0v) is 17.4. The molecule has 4 rings (SSSR count). The highest BCUT2D eigenvalue weighted by Crippen LogP contribution is 2.33. The molecule has 2 aliphatic heterocycles. The van der Waals surface area contributed by atoms with E-state index in [0.29, 0.717) is 18.2 Å². The molecule has 0 bridgehead atoms. The third kappa shape index (κ3) is 5.09. The van der Waals surface area contributed by atoms with E-state index in [2.05, 4.69) is 14.8 Å². The molecule has 3 heterocycles. The Bertz CT molecular complexity index is 850. The standard InChI is InChI=1S/C23H30N4O3/c28-17-16-26-12-14-27(15-13-26)22-19-7-6-11-25-23(19)30-21-9-3-2-8-20(21)29-18-5-1-4-10-24-22/h2-3,6-9,11,28H,1,4-5,10,12-18H2. The number of para-hydroxylation sites is 2. The van der Waals surface area contributed by atoms with Gasteiger partial charge < -0.3 is 19.5 Å². The number of aliphatic imine (C=N–C) groups is 1. The van der Waals surface area contributed by atoms with Crippen molar-refractivity contribution in [2.45, 2.75) is 19.3 Å². The van der Waals surface area contributed by atoms with Crippen molar-refractivity contribution in [3.05, 3.63) is 48.2 Å². The third-order valence-corrected chi connectivity index (χ3v) is 5.48. The van der Waals surface area contributed by atoms with E-state index in [1.165, 1.54) is 0 Å². The summed E-state index contributed by atoms with van der Waals surface area (Å²) >= 11 is 0. The van der Waals surface area contributed by atoms with Crippen LogP contribution in [-0.2, 0) is 0 Å². The number of ether oxygens (including phenoxy) is 2. The monoisotopic (exact) mass is 410 g/mol. The Kier molecular flexibility index (Phi) is 7.16. The average molecular weight is 411 g/mol. The number of benzene rings is 1. The van der Waals surface area contributed by atoms with Crippen LogP contribution in [0.5, 0.6) is 17.4 Å². The van der Waals surface area contributed by atoms with E-state index in [0.717, 1.165) is 75.7 Å². The summed E-state index contributed by atoms with van der Waals surface area (Å²) in [6.45, 7) is 5.91. The van der Waals surface area contributed by atoms with E-state index in [4.69, 9.17) is 14.5 Å². The van der Waals surface area contributed by atoms with Gasteiger partial charge in [-0.1, -0.05) is 12.1 Å². The molecular weight excluding hydrogens is 380 g/mol. The number of rotatable bonds is 2. The molecular formula is C23H30N4O3. The number of aliphatic hydroxyl groups is 1. The van der Waals surface area contributed by atoms with E-state index in [1.807, 2.05) is 36.4 Å². The summed E-state index contributed by atoms with van der Waals surface area (Å²) in [6, 6.07) is 11.7. The van der Waals surface area contributed by atoms with Crippen LogP contribution in [0.15, 0.2) is 47.6 Å². The highest BCUT2D eigenvalue weighted by Gasteiger charge is 2.24. The first kappa shape index (κ1) is 20.6. The molecule has 1 N–H and O–H groups in total. The number of piperazine rings is 1. The number of aliphatic hydroxyl groups excluding tert-OH is 1. The maximum Gasteiger partial charge on any atom is 0.230 e. The van der Waals surface area contributed by atoms with Crippen molar-refractivity contribution in [3.8, 4) is 17.4 Å². The summed E-state index contributed by atoms with van der Waals surface area (Å²) in [7, 11) is 0. The highest BCUT2D eigenvalue weighted by molar-refractivity contribution is 6.00. The summed E-state index contributed by atoms with van der Waals surface area (Å²) in [6.07, 6.45) is 4.83. The van der Waals surface area contributed by atoms with Crippen LogP contribution in [0.1, 0.15) is 24.8 Å². The fourth-order valence-electron chi connectivity index (χ4n) is 3.84. The van der Waals surface area contributed by atoms with Crippen LogP contribution >= 0.6 is 0 Å². The lowest BCUT2D eigenvalue weighted by Crippen LogP contribution is -2.49. The second-order valence-corrected chi connectivity index (χ2v) is 7.57. The van der Waals surface area contributed by atoms with Gasteiger partial charge in [0.1, 0.15) is 5.84 Å². The smallest absolute Gasteiger partial charge is 0.230 e. The number of nitrogens with zero attached hydrogens (tertiary/aromatic N) is 4. The van der Waals surface area contributed by atoms with Gasteiger partial charge in [-0.3, -0.25) is 9.89 Å². The van der Waals surface area contributed by atoms with Crippen molar-refractivity contribution in [1.29, 1.82) is 0 Å². The van der Waals surface area contributed by atoms with Crippen molar-refractivity contribution >= 4 is 5.84 Å². The van der Waals surface area contributed by atoms with Crippen LogP contribution in [0.3, 0.4) is 0 Å². The largest absolute Gasteiger partial charge is 0.490 e. The molecule has 160 valence electrons. The second-order valence-electron chi connectivity index (χ2n) is 7.57. The van der Waals surface area contributed by atoms with Crippen LogP contribution in [0.2, 0.25) is 0 Å². The number of fused-ring (bicyclic) bond motifs is 2. The fraction of sp³-hybridized carbons (Fsp3) is 0.478. The Morgan fingerprint density at radius 1 is 0.933 bits per heavy atom. The Labute approximate surface area is 178 Å². The first-order valence-corrected chi connectivity index (χ1v) is 10.8. The van der Waals surface area contributed by atoms with Gasteiger partial charge in [-0.25, -0.2) is 4.98 Å². The van der Waals surface area contributed by atoms with Gasteiger partial charge in [0.05, 0.1) is 18.8 Å². The number of hydrogen-bond acceptors (Lipinski definition) is 7. The Hall–Kier alpha value is -2.64. The first-order chi connectivity index (χ1) is 14.8. The van der Waals surface area contributed by atoms with E-state index in [9.17, 15) is 5.11 Å². The van der Waals surface area contributed by atoms with Gasteiger partial charge >= 0.3 is 0 Å². The molecule has 0 amide bonds. The number of β-amino-alcohol motifs (C(OH)–C–C–N with tert-alkyl or cyclic N) is 1. The molecule has 2 aliphatic rings. The maximum absolute atomic E-state index is 9.23. The SMILES string of the molecule is OCCN1CCN(C2=NCCCCCOc3ccccc3Oc3ncccc32)CC1. The molecule has 0 aliphatic carbocycles. The van der Waals surface area contributed by atoms with Crippen LogP contribution in [0, 0.1) is 0 Å². The van der Waals surface area contributed by atoms with Gasteiger partial charge in [0.2, 0.25) is 5.88 Å². The van der Waals surface area contributed by atoms with Crippen LogP contribution in [-0.4, -0.2) is 78.2 Å². The van der Waals surface area contributed by atoms with Gasteiger partial charge in [-0.05, 0) is 43.5 Å². The van der Waals surface area contributed by atoms with E-state index < -0.39 is 0 Å². The highest BCUT2D eigenvalue weighted by atomic mass is 16.5. The van der Waals surface area contributed by atoms with Gasteiger partial charge in [-0.15, -0.1) is 0 Å². The molecule has 0 saturated carbocycles. The minimum Gasteiger partial charge on any atom is -0.490 e. The second kappa shape index (κ2) is 10.4. The molecule has 0 unspecified atom stereocenters. The number of amidine groups is 1. The summed E-state index contributed by atoms with van der Waals surface area (Å²) < 4.78 is 12.2. The van der Waals surface area contributed by atoms with E-state index >= 15 is 0 Å². The van der Waals surface area contributed by atoms with Gasteiger partial charge in [0.15, 0.2) is 11.5 Å². The predicted molar refractivity (Wildman–Crippen MR) is 117 cm³/mol. The molecule has 0 spiro atoms. The van der Waals surface area contributed by atoms with Crippen LogP contribution < -0.4 is 9.47 Å². The topological polar surface area (TPSA) is 70.4 Å². The molecule has 7 heteroatoms. The molecule has 7 nitrogen and oxygen atoms in total. The zero-order valence-electron chi connectivity index (χ0n) is 17.4. The van der Waals surface area contributed by atoms with Crippen LogP contribution in [0.4, 0.5) is 0 Å². The van der Waals surface area contributed by atoms with Crippen molar-refractivity contribution < 1.29 is 14.6 Å².